The highest BCUT2D eigenvalue weighted by molar-refractivity contribution is 5.90. The van der Waals surface area contributed by atoms with Crippen molar-refractivity contribution in [3.8, 4) is 5.75 Å². The van der Waals surface area contributed by atoms with Gasteiger partial charge in [-0.05, 0) is 17.7 Å². The first kappa shape index (κ1) is 15.6. The Morgan fingerprint density at radius 1 is 1.30 bits per heavy atom. The van der Waals surface area contributed by atoms with Crippen LogP contribution in [0, 0.1) is 0 Å². The van der Waals surface area contributed by atoms with E-state index in [9.17, 15) is 9.59 Å². The van der Waals surface area contributed by atoms with Crippen LogP contribution in [-0.4, -0.2) is 60.9 Å². The fourth-order valence-electron chi connectivity index (χ4n) is 2.85. The summed E-state index contributed by atoms with van der Waals surface area (Å²) in [5.41, 5.74) is 1.05. The maximum Gasteiger partial charge on any atom is 0.244 e. The largest absolute Gasteiger partial charge is 0.497 e. The molecule has 3 rings (SSSR count). The summed E-state index contributed by atoms with van der Waals surface area (Å²) >= 11 is 0. The van der Waals surface area contributed by atoms with Crippen molar-refractivity contribution in [3.63, 3.8) is 0 Å². The van der Waals surface area contributed by atoms with Crippen LogP contribution in [-0.2, 0) is 16.1 Å². The van der Waals surface area contributed by atoms with E-state index in [2.05, 4.69) is 5.32 Å². The van der Waals surface area contributed by atoms with Crippen LogP contribution >= 0.6 is 0 Å². The highest BCUT2D eigenvalue weighted by Crippen LogP contribution is 2.15. The zero-order valence-electron chi connectivity index (χ0n) is 13.2. The Morgan fingerprint density at radius 3 is 2.70 bits per heavy atom. The van der Waals surface area contributed by atoms with Crippen LogP contribution in [0.5, 0.6) is 5.75 Å². The Bertz CT molecular complexity index is 612. The van der Waals surface area contributed by atoms with Gasteiger partial charge in [-0.15, -0.1) is 0 Å². The number of amides is 2. The number of piperazine rings is 1. The van der Waals surface area contributed by atoms with Crippen molar-refractivity contribution in [2.45, 2.75) is 12.6 Å². The fraction of sp³-hybridized carbons (Fsp3) is 0.412. The highest BCUT2D eigenvalue weighted by atomic mass is 16.5. The summed E-state index contributed by atoms with van der Waals surface area (Å²) in [7, 11) is 1.63. The van der Waals surface area contributed by atoms with Crippen molar-refractivity contribution in [2.24, 2.45) is 0 Å². The van der Waals surface area contributed by atoms with E-state index >= 15 is 0 Å². The second-order valence-corrected chi connectivity index (χ2v) is 5.74. The van der Waals surface area contributed by atoms with Gasteiger partial charge in [-0.2, -0.15) is 0 Å². The minimum absolute atomic E-state index is 0.0117. The normalized spacial score (nSPS) is 20.9. The van der Waals surface area contributed by atoms with Crippen LogP contribution in [0.2, 0.25) is 0 Å². The van der Waals surface area contributed by atoms with Gasteiger partial charge in [-0.3, -0.25) is 14.9 Å². The van der Waals surface area contributed by atoms with E-state index in [-0.39, 0.29) is 24.4 Å². The molecule has 0 radical (unpaired) electrons. The molecule has 23 heavy (non-hydrogen) atoms. The lowest BCUT2D eigenvalue weighted by Gasteiger charge is -2.35. The van der Waals surface area contributed by atoms with Crippen molar-refractivity contribution in [1.29, 1.82) is 0 Å². The molecule has 6 nitrogen and oxygen atoms in total. The minimum Gasteiger partial charge on any atom is -0.497 e. The molecule has 1 fully saturated rings. The van der Waals surface area contributed by atoms with Crippen molar-refractivity contribution in [3.05, 3.63) is 42.0 Å². The molecule has 2 aliphatic heterocycles. The number of methoxy groups -OCH3 is 1. The molecule has 6 heteroatoms. The standard InChI is InChI=1S/C17H21N3O3/c1-23-14-6-4-13(5-7-14)11-19-9-10-20(12-16(19)21)17(22)15-3-2-8-18-15/h2-7,15,18H,8-12H2,1H3. The third-order valence-electron chi connectivity index (χ3n) is 4.21. The number of hydrogen-bond donors (Lipinski definition) is 1. The van der Waals surface area contributed by atoms with Gasteiger partial charge in [0.1, 0.15) is 11.8 Å². The number of nitrogens with zero attached hydrogens (tertiary/aromatic N) is 2. The molecule has 1 aromatic rings. The first-order valence-electron chi connectivity index (χ1n) is 7.77. The van der Waals surface area contributed by atoms with E-state index in [1.807, 2.05) is 36.4 Å². The van der Waals surface area contributed by atoms with Gasteiger partial charge in [0.2, 0.25) is 11.8 Å². The lowest BCUT2D eigenvalue weighted by Crippen LogP contribution is -2.55. The molecule has 0 spiro atoms. The van der Waals surface area contributed by atoms with E-state index in [1.54, 1.807) is 16.9 Å². The van der Waals surface area contributed by atoms with Crippen LogP contribution in [0.25, 0.3) is 0 Å². The fourth-order valence-corrected chi connectivity index (χ4v) is 2.85. The van der Waals surface area contributed by atoms with Crippen LogP contribution < -0.4 is 10.1 Å². The molecule has 0 aromatic heterocycles. The maximum atomic E-state index is 12.3. The molecular weight excluding hydrogens is 294 g/mol. The van der Waals surface area contributed by atoms with Crippen LogP contribution in [0.1, 0.15) is 5.56 Å². The number of rotatable bonds is 4. The highest BCUT2D eigenvalue weighted by Gasteiger charge is 2.30. The third kappa shape index (κ3) is 3.53. The first-order valence-corrected chi connectivity index (χ1v) is 7.77. The van der Waals surface area contributed by atoms with E-state index < -0.39 is 0 Å². The van der Waals surface area contributed by atoms with E-state index in [0.717, 1.165) is 11.3 Å². The summed E-state index contributed by atoms with van der Waals surface area (Å²) in [5.74, 6) is 0.770. The first-order chi connectivity index (χ1) is 11.2. The van der Waals surface area contributed by atoms with E-state index in [4.69, 9.17) is 4.74 Å². The quantitative estimate of drug-likeness (QED) is 0.817. The van der Waals surface area contributed by atoms with Gasteiger partial charge in [0.05, 0.1) is 13.7 Å². The Kier molecular flexibility index (Phi) is 4.62. The van der Waals surface area contributed by atoms with Crippen molar-refractivity contribution in [1.82, 2.24) is 15.1 Å². The molecule has 0 bridgehead atoms. The summed E-state index contributed by atoms with van der Waals surface area (Å²) < 4.78 is 5.13. The molecule has 1 aromatic carbocycles. The number of ether oxygens (including phenoxy) is 1. The minimum atomic E-state index is -0.282. The summed E-state index contributed by atoms with van der Waals surface area (Å²) in [6, 6.07) is 7.40. The van der Waals surface area contributed by atoms with Gasteiger partial charge in [-0.1, -0.05) is 24.3 Å². The maximum absolute atomic E-state index is 12.3. The number of carbonyl (C=O) groups excluding carboxylic acids is 2. The smallest absolute Gasteiger partial charge is 0.244 e. The van der Waals surface area contributed by atoms with Gasteiger partial charge in [-0.25, -0.2) is 0 Å². The number of benzene rings is 1. The summed E-state index contributed by atoms with van der Waals surface area (Å²) in [4.78, 5) is 28.1. The predicted octanol–water partition coefficient (Wildman–Crippen LogP) is 0.394. The Labute approximate surface area is 135 Å². The van der Waals surface area contributed by atoms with Crippen molar-refractivity contribution < 1.29 is 14.3 Å². The van der Waals surface area contributed by atoms with E-state index in [0.29, 0.717) is 26.2 Å². The van der Waals surface area contributed by atoms with E-state index in [1.165, 1.54) is 0 Å². The van der Waals surface area contributed by atoms with Gasteiger partial charge < -0.3 is 14.5 Å². The molecule has 122 valence electrons. The molecule has 0 aliphatic carbocycles. The summed E-state index contributed by atoms with van der Waals surface area (Å²) in [5, 5.41) is 3.09. The molecule has 1 saturated heterocycles. The SMILES string of the molecule is COc1ccc(CN2CCN(C(=O)C3C=CCN3)CC2=O)cc1. The number of carbonyl (C=O) groups is 2. The molecule has 2 amide bonds. The topological polar surface area (TPSA) is 61.9 Å². The lowest BCUT2D eigenvalue weighted by molar-refractivity contribution is -0.146. The molecule has 0 saturated carbocycles. The molecule has 2 heterocycles. The molecule has 1 unspecified atom stereocenters. The zero-order chi connectivity index (χ0) is 16.2. The Balaban J connectivity index is 1.56. The summed E-state index contributed by atoms with van der Waals surface area (Å²) in [6.45, 7) is 2.56. The zero-order valence-corrected chi connectivity index (χ0v) is 13.2. The lowest BCUT2D eigenvalue weighted by atomic mass is 10.1. The summed E-state index contributed by atoms with van der Waals surface area (Å²) in [6.07, 6.45) is 3.79. The van der Waals surface area contributed by atoms with Gasteiger partial charge in [0, 0.05) is 26.2 Å². The molecule has 2 aliphatic rings. The Morgan fingerprint density at radius 2 is 2.09 bits per heavy atom. The average Bonchev–Trinajstić information content (AvgIpc) is 3.11. The predicted molar refractivity (Wildman–Crippen MR) is 85.9 cm³/mol. The monoisotopic (exact) mass is 315 g/mol. The second-order valence-electron chi connectivity index (χ2n) is 5.74. The van der Waals surface area contributed by atoms with Gasteiger partial charge in [0.25, 0.3) is 0 Å². The third-order valence-corrected chi connectivity index (χ3v) is 4.21. The number of hydrogen-bond acceptors (Lipinski definition) is 4. The van der Waals surface area contributed by atoms with Crippen molar-refractivity contribution in [2.75, 3.05) is 33.3 Å². The van der Waals surface area contributed by atoms with Crippen LogP contribution in [0.4, 0.5) is 0 Å². The average molecular weight is 315 g/mol. The second kappa shape index (κ2) is 6.83. The van der Waals surface area contributed by atoms with Gasteiger partial charge in [0.15, 0.2) is 0 Å². The van der Waals surface area contributed by atoms with Crippen molar-refractivity contribution >= 4 is 11.8 Å². The number of nitrogens with one attached hydrogen (secondary N) is 1. The van der Waals surface area contributed by atoms with Crippen LogP contribution in [0.3, 0.4) is 0 Å². The Hall–Kier alpha value is -2.34. The van der Waals surface area contributed by atoms with Gasteiger partial charge >= 0.3 is 0 Å². The molecule has 1 atom stereocenters. The molecule has 1 N–H and O–H groups in total. The van der Waals surface area contributed by atoms with Crippen LogP contribution in [0.15, 0.2) is 36.4 Å². The molecular formula is C17H21N3O3.